The summed E-state index contributed by atoms with van der Waals surface area (Å²) in [5.74, 6) is 0.294. The van der Waals surface area contributed by atoms with Crippen LogP contribution in [-0.2, 0) is 13.6 Å². The van der Waals surface area contributed by atoms with Gasteiger partial charge in [-0.15, -0.1) is 0 Å². The van der Waals surface area contributed by atoms with Crippen molar-refractivity contribution in [1.29, 1.82) is 0 Å². The number of rotatable bonds is 5. The average molecular weight is 360 g/mol. The van der Waals surface area contributed by atoms with Crippen molar-refractivity contribution in [3.63, 3.8) is 0 Å². The van der Waals surface area contributed by atoms with Gasteiger partial charge in [0.05, 0.1) is 11.4 Å². The molecule has 2 aromatic heterocycles. The van der Waals surface area contributed by atoms with Crippen molar-refractivity contribution in [2.75, 3.05) is 5.32 Å². The first kappa shape index (κ1) is 17.4. The van der Waals surface area contributed by atoms with Crippen LogP contribution in [0.25, 0.3) is 5.69 Å². The van der Waals surface area contributed by atoms with E-state index in [1.54, 1.807) is 15.4 Å². The van der Waals surface area contributed by atoms with Gasteiger partial charge in [0.15, 0.2) is 0 Å². The second-order valence-corrected chi connectivity index (χ2v) is 6.77. The summed E-state index contributed by atoms with van der Waals surface area (Å²) in [6.45, 7) is 6.67. The smallest absolute Gasteiger partial charge is 0.330 e. The Balaban J connectivity index is 1.86. The molecule has 0 saturated carbocycles. The van der Waals surface area contributed by atoms with Crippen molar-refractivity contribution >= 4 is 17.3 Å². The summed E-state index contributed by atoms with van der Waals surface area (Å²) in [5, 5.41) is 8.53. The molecule has 1 aromatic carbocycles. The Labute approximate surface area is 151 Å². The Bertz CT molecular complexity index is 951. The number of nitrogens with one attached hydrogen (secondary N) is 2. The first-order chi connectivity index (χ1) is 11.9. The number of imidazole rings is 1. The van der Waals surface area contributed by atoms with Gasteiger partial charge in [0, 0.05) is 36.7 Å². The first-order valence-electron chi connectivity index (χ1n) is 8.21. The van der Waals surface area contributed by atoms with Crippen LogP contribution in [0.2, 0.25) is 5.15 Å². The fourth-order valence-electron chi connectivity index (χ4n) is 2.92. The van der Waals surface area contributed by atoms with E-state index in [2.05, 4.69) is 29.2 Å². The minimum Gasteiger partial charge on any atom is -0.381 e. The topological polar surface area (TPSA) is 67.6 Å². The number of nitrogens with zero attached hydrogens (tertiary/aromatic N) is 3. The molecule has 0 spiro atoms. The van der Waals surface area contributed by atoms with Gasteiger partial charge in [0.2, 0.25) is 0 Å². The predicted molar refractivity (Wildman–Crippen MR) is 101 cm³/mol. The lowest BCUT2D eigenvalue weighted by Gasteiger charge is -2.11. The third-order valence-corrected chi connectivity index (χ3v) is 4.65. The van der Waals surface area contributed by atoms with E-state index in [9.17, 15) is 4.79 Å². The molecule has 0 amide bonds. The summed E-state index contributed by atoms with van der Waals surface area (Å²) < 4.78 is 3.34. The molecular formula is C18H22ClN5O. The highest BCUT2D eigenvalue weighted by Gasteiger charge is 2.17. The molecule has 2 N–H and O–H groups in total. The maximum absolute atomic E-state index is 12.0. The van der Waals surface area contributed by atoms with Crippen molar-refractivity contribution in [2.45, 2.75) is 33.2 Å². The van der Waals surface area contributed by atoms with Crippen LogP contribution in [0.3, 0.4) is 0 Å². The number of hydrogen-bond donors (Lipinski definition) is 2. The fourth-order valence-corrected chi connectivity index (χ4v) is 3.12. The molecule has 7 heteroatoms. The van der Waals surface area contributed by atoms with Crippen molar-refractivity contribution < 1.29 is 0 Å². The molecule has 3 aromatic rings. The van der Waals surface area contributed by atoms with Crippen LogP contribution in [0, 0.1) is 6.92 Å². The zero-order valence-corrected chi connectivity index (χ0v) is 15.6. The first-order valence-corrected chi connectivity index (χ1v) is 8.59. The molecule has 0 saturated heterocycles. The third kappa shape index (κ3) is 3.35. The SMILES string of the molecule is Cc1c[nH]c(=O)n1-c1cccc(NCc2c(C(C)C)nn(C)c2Cl)c1. The Kier molecular flexibility index (Phi) is 4.72. The van der Waals surface area contributed by atoms with E-state index in [0.29, 0.717) is 17.6 Å². The summed E-state index contributed by atoms with van der Waals surface area (Å²) in [6.07, 6.45) is 1.70. The summed E-state index contributed by atoms with van der Waals surface area (Å²) >= 11 is 6.39. The molecule has 2 heterocycles. The highest BCUT2D eigenvalue weighted by Crippen LogP contribution is 2.26. The molecule has 0 atom stereocenters. The number of aromatic nitrogens is 4. The maximum Gasteiger partial charge on any atom is 0.330 e. The van der Waals surface area contributed by atoms with Gasteiger partial charge >= 0.3 is 5.69 Å². The van der Waals surface area contributed by atoms with Gasteiger partial charge in [-0.3, -0.25) is 9.25 Å². The van der Waals surface area contributed by atoms with E-state index >= 15 is 0 Å². The van der Waals surface area contributed by atoms with Gasteiger partial charge in [-0.25, -0.2) is 4.79 Å². The Morgan fingerprint density at radius 2 is 2.12 bits per heavy atom. The molecule has 132 valence electrons. The molecule has 25 heavy (non-hydrogen) atoms. The lowest BCUT2D eigenvalue weighted by Crippen LogP contribution is -2.16. The molecule has 0 aliphatic carbocycles. The summed E-state index contributed by atoms with van der Waals surface area (Å²) in [5.41, 5.74) is 4.44. The quantitative estimate of drug-likeness (QED) is 0.731. The van der Waals surface area contributed by atoms with Crippen LogP contribution in [0.1, 0.15) is 36.7 Å². The summed E-state index contributed by atoms with van der Waals surface area (Å²) in [4.78, 5) is 14.7. The van der Waals surface area contributed by atoms with Crippen LogP contribution in [0.4, 0.5) is 5.69 Å². The Morgan fingerprint density at radius 1 is 1.36 bits per heavy atom. The van der Waals surface area contributed by atoms with Crippen molar-refractivity contribution in [3.05, 3.63) is 63.1 Å². The van der Waals surface area contributed by atoms with E-state index in [0.717, 1.165) is 28.3 Å². The van der Waals surface area contributed by atoms with Crippen molar-refractivity contribution in [2.24, 2.45) is 7.05 Å². The maximum atomic E-state index is 12.0. The number of halogens is 1. The lowest BCUT2D eigenvalue weighted by molar-refractivity contribution is 0.712. The van der Waals surface area contributed by atoms with E-state index in [1.807, 2.05) is 38.2 Å². The fraction of sp³-hybridized carbons (Fsp3) is 0.333. The average Bonchev–Trinajstić information content (AvgIpc) is 3.06. The molecule has 0 radical (unpaired) electrons. The molecule has 0 aliphatic rings. The van der Waals surface area contributed by atoms with Gasteiger partial charge < -0.3 is 10.3 Å². The van der Waals surface area contributed by atoms with Crippen LogP contribution in [0.5, 0.6) is 0 Å². The molecule has 0 aliphatic heterocycles. The van der Waals surface area contributed by atoms with Crippen LogP contribution >= 0.6 is 11.6 Å². The standard InChI is InChI=1S/C18H22ClN5O/c1-11(2)16-15(17(19)23(4)22-16)10-20-13-6-5-7-14(8-13)24-12(3)9-21-18(24)25/h5-9,11,20H,10H2,1-4H3,(H,21,25). The highest BCUT2D eigenvalue weighted by atomic mass is 35.5. The third-order valence-electron chi connectivity index (χ3n) is 4.18. The predicted octanol–water partition coefficient (Wildman–Crippen LogP) is 3.60. The number of hydrogen-bond acceptors (Lipinski definition) is 3. The normalized spacial score (nSPS) is 11.3. The van der Waals surface area contributed by atoms with E-state index < -0.39 is 0 Å². The summed E-state index contributed by atoms with van der Waals surface area (Å²) in [6, 6.07) is 7.74. The van der Waals surface area contributed by atoms with Gasteiger partial charge in [-0.2, -0.15) is 5.10 Å². The van der Waals surface area contributed by atoms with Crippen molar-refractivity contribution in [1.82, 2.24) is 19.3 Å². The number of benzene rings is 1. The van der Waals surface area contributed by atoms with Gasteiger partial charge in [-0.05, 0) is 31.0 Å². The molecule has 0 unspecified atom stereocenters. The number of H-pyrrole nitrogens is 1. The second kappa shape index (κ2) is 6.80. The minimum absolute atomic E-state index is 0.146. The second-order valence-electron chi connectivity index (χ2n) is 6.41. The van der Waals surface area contributed by atoms with Gasteiger partial charge in [-0.1, -0.05) is 31.5 Å². The number of anilines is 1. The monoisotopic (exact) mass is 359 g/mol. The largest absolute Gasteiger partial charge is 0.381 e. The van der Waals surface area contributed by atoms with Crippen LogP contribution in [0.15, 0.2) is 35.3 Å². The van der Waals surface area contributed by atoms with Gasteiger partial charge in [0.25, 0.3) is 0 Å². The van der Waals surface area contributed by atoms with E-state index in [1.165, 1.54) is 0 Å². The minimum atomic E-state index is -0.146. The summed E-state index contributed by atoms with van der Waals surface area (Å²) in [7, 11) is 1.85. The molecule has 0 fully saturated rings. The van der Waals surface area contributed by atoms with Gasteiger partial charge in [0.1, 0.15) is 5.15 Å². The lowest BCUT2D eigenvalue weighted by atomic mass is 10.1. The number of aromatic amines is 1. The Morgan fingerprint density at radius 3 is 2.76 bits per heavy atom. The zero-order valence-electron chi connectivity index (χ0n) is 14.8. The van der Waals surface area contributed by atoms with Crippen LogP contribution in [-0.4, -0.2) is 19.3 Å². The molecular weight excluding hydrogens is 338 g/mol. The molecule has 6 nitrogen and oxygen atoms in total. The number of aryl methyl sites for hydroxylation is 2. The van der Waals surface area contributed by atoms with E-state index in [4.69, 9.17) is 11.6 Å². The highest BCUT2D eigenvalue weighted by molar-refractivity contribution is 6.30. The zero-order chi connectivity index (χ0) is 18.1. The molecule has 3 rings (SSSR count). The van der Waals surface area contributed by atoms with E-state index in [-0.39, 0.29) is 5.69 Å². The van der Waals surface area contributed by atoms with Crippen LogP contribution < -0.4 is 11.0 Å². The molecule has 0 bridgehead atoms. The Hall–Kier alpha value is -2.47. The van der Waals surface area contributed by atoms with Crippen molar-refractivity contribution in [3.8, 4) is 5.69 Å².